The Bertz CT molecular complexity index is 403. The van der Waals surface area contributed by atoms with Crippen molar-refractivity contribution in [1.82, 2.24) is 0 Å². The monoisotopic (exact) mass is 298 g/mol. The van der Waals surface area contributed by atoms with E-state index in [1.165, 1.54) is 0 Å². The topological polar surface area (TPSA) is 47.9 Å². The second kappa shape index (κ2) is 8.29. The average Bonchev–Trinajstić information content (AvgIpc) is 2.41. The minimum atomic E-state index is -2.02. The number of aromatic hydroxyl groups is 1. The zero-order valence-corrected chi connectivity index (χ0v) is 13.9. The molecule has 114 valence electrons. The van der Waals surface area contributed by atoms with E-state index in [1.807, 2.05) is 26.0 Å². The van der Waals surface area contributed by atoms with Crippen LogP contribution in [-0.2, 0) is 15.3 Å². The smallest absolute Gasteiger partial charge is 0.334 e. The molecule has 20 heavy (non-hydrogen) atoms. The lowest BCUT2D eigenvalue weighted by atomic mass is 10.1. The maximum atomic E-state index is 9.57. The van der Waals surface area contributed by atoms with Crippen LogP contribution in [0.2, 0.25) is 12.6 Å². The first-order valence-corrected chi connectivity index (χ1v) is 9.70. The fraction of sp³-hybridized carbons (Fsp3) is 0.600. The van der Waals surface area contributed by atoms with E-state index in [0.29, 0.717) is 19.0 Å². The van der Waals surface area contributed by atoms with E-state index in [-0.39, 0.29) is 5.75 Å². The Morgan fingerprint density at radius 3 is 2.35 bits per heavy atom. The van der Waals surface area contributed by atoms with E-state index in [2.05, 4.69) is 6.55 Å². The molecule has 1 rings (SSSR count). The van der Waals surface area contributed by atoms with Gasteiger partial charge in [-0.25, -0.2) is 0 Å². The molecule has 0 amide bonds. The SMILES string of the molecule is CCO[Si](C)(CCCc1ccc(O)c(OC)c1)OCC. The molecule has 0 spiro atoms. The number of benzene rings is 1. The van der Waals surface area contributed by atoms with Gasteiger partial charge in [0, 0.05) is 13.2 Å². The number of phenolic OH excluding ortho intramolecular Hbond substituents is 1. The zero-order chi connectivity index (χ0) is 15.0. The van der Waals surface area contributed by atoms with Gasteiger partial charge in [0.1, 0.15) is 0 Å². The molecule has 0 unspecified atom stereocenters. The van der Waals surface area contributed by atoms with Crippen molar-refractivity contribution >= 4 is 8.56 Å². The highest BCUT2D eigenvalue weighted by atomic mass is 28.4. The summed E-state index contributed by atoms with van der Waals surface area (Å²) in [7, 11) is -0.454. The quantitative estimate of drug-likeness (QED) is 0.709. The van der Waals surface area contributed by atoms with Crippen molar-refractivity contribution in [2.24, 2.45) is 0 Å². The third kappa shape index (κ3) is 5.15. The summed E-state index contributed by atoms with van der Waals surface area (Å²) >= 11 is 0. The molecule has 0 heterocycles. The largest absolute Gasteiger partial charge is 0.504 e. The van der Waals surface area contributed by atoms with Crippen molar-refractivity contribution < 1.29 is 18.7 Å². The van der Waals surface area contributed by atoms with Crippen LogP contribution in [0.25, 0.3) is 0 Å². The molecule has 5 heteroatoms. The number of hydrogen-bond donors (Lipinski definition) is 1. The molecule has 4 nitrogen and oxygen atoms in total. The van der Waals surface area contributed by atoms with Gasteiger partial charge < -0.3 is 18.7 Å². The number of hydrogen-bond acceptors (Lipinski definition) is 4. The number of aryl methyl sites for hydroxylation is 1. The summed E-state index contributed by atoms with van der Waals surface area (Å²) in [6.07, 6.45) is 1.94. The molecule has 0 aliphatic rings. The number of methoxy groups -OCH3 is 1. The summed E-state index contributed by atoms with van der Waals surface area (Å²) in [5.74, 6) is 0.705. The van der Waals surface area contributed by atoms with Gasteiger partial charge in [-0.1, -0.05) is 6.07 Å². The molecule has 0 aliphatic carbocycles. The fourth-order valence-electron chi connectivity index (χ4n) is 2.29. The number of rotatable bonds is 9. The summed E-state index contributed by atoms with van der Waals surface area (Å²) in [6.45, 7) is 7.55. The third-order valence-electron chi connectivity index (χ3n) is 3.24. The Balaban J connectivity index is 2.54. The number of ether oxygens (including phenoxy) is 1. The minimum absolute atomic E-state index is 0.180. The van der Waals surface area contributed by atoms with Crippen molar-refractivity contribution in [3.63, 3.8) is 0 Å². The van der Waals surface area contributed by atoms with Crippen LogP contribution in [-0.4, -0.2) is 34.0 Å². The molecule has 0 saturated carbocycles. The molecule has 0 atom stereocenters. The number of phenols is 1. The zero-order valence-electron chi connectivity index (χ0n) is 12.9. The Morgan fingerprint density at radius 2 is 1.80 bits per heavy atom. The van der Waals surface area contributed by atoms with Gasteiger partial charge in [-0.3, -0.25) is 0 Å². The molecule has 0 aliphatic heterocycles. The molecule has 1 aromatic carbocycles. The van der Waals surface area contributed by atoms with Gasteiger partial charge in [-0.05, 0) is 57.0 Å². The van der Waals surface area contributed by atoms with Crippen LogP contribution < -0.4 is 4.74 Å². The normalized spacial score (nSPS) is 11.6. The minimum Gasteiger partial charge on any atom is -0.504 e. The first kappa shape index (κ1) is 17.0. The van der Waals surface area contributed by atoms with Crippen LogP contribution in [0.4, 0.5) is 0 Å². The standard InChI is InChI=1S/C15H26O4Si/c1-5-18-20(4,19-6-2)11-7-8-13-9-10-14(16)15(12-13)17-3/h9-10,12,16H,5-8,11H2,1-4H3. The first-order chi connectivity index (χ1) is 9.54. The molecule has 1 N–H and O–H groups in total. The van der Waals surface area contributed by atoms with Crippen LogP contribution in [0.3, 0.4) is 0 Å². The second-order valence-electron chi connectivity index (χ2n) is 4.86. The van der Waals surface area contributed by atoms with E-state index < -0.39 is 8.56 Å². The van der Waals surface area contributed by atoms with Crippen molar-refractivity contribution in [3.05, 3.63) is 23.8 Å². The second-order valence-corrected chi connectivity index (χ2v) is 8.20. The molecular weight excluding hydrogens is 272 g/mol. The van der Waals surface area contributed by atoms with Crippen LogP contribution in [0.1, 0.15) is 25.8 Å². The summed E-state index contributed by atoms with van der Waals surface area (Å²) in [4.78, 5) is 0. The molecule has 0 aromatic heterocycles. The lowest BCUT2D eigenvalue weighted by Crippen LogP contribution is -2.38. The summed E-state index contributed by atoms with van der Waals surface area (Å²) in [5, 5.41) is 9.57. The van der Waals surface area contributed by atoms with E-state index in [0.717, 1.165) is 24.4 Å². The first-order valence-electron chi connectivity index (χ1n) is 7.18. The maximum Gasteiger partial charge on any atom is 0.334 e. The van der Waals surface area contributed by atoms with Gasteiger partial charge in [0.05, 0.1) is 7.11 Å². The lowest BCUT2D eigenvalue weighted by molar-refractivity contribution is 0.188. The van der Waals surface area contributed by atoms with Gasteiger partial charge in [0.2, 0.25) is 0 Å². The predicted octanol–water partition coefficient (Wildman–Crippen LogP) is 3.48. The Morgan fingerprint density at radius 1 is 1.15 bits per heavy atom. The fourth-order valence-corrected chi connectivity index (χ4v) is 4.70. The van der Waals surface area contributed by atoms with E-state index >= 15 is 0 Å². The van der Waals surface area contributed by atoms with Gasteiger partial charge in [0.15, 0.2) is 11.5 Å². The predicted molar refractivity (Wildman–Crippen MR) is 82.7 cm³/mol. The van der Waals surface area contributed by atoms with Crippen molar-refractivity contribution in [1.29, 1.82) is 0 Å². The molecular formula is C15H26O4Si. The molecule has 1 aromatic rings. The Kier molecular flexibility index (Phi) is 7.05. The average molecular weight is 298 g/mol. The van der Waals surface area contributed by atoms with Gasteiger partial charge in [-0.15, -0.1) is 0 Å². The third-order valence-corrected chi connectivity index (χ3v) is 6.30. The molecule has 0 saturated heterocycles. The summed E-state index contributed by atoms with van der Waals surface area (Å²) < 4.78 is 16.8. The lowest BCUT2D eigenvalue weighted by Gasteiger charge is -2.25. The highest BCUT2D eigenvalue weighted by Gasteiger charge is 2.29. The molecule has 0 bridgehead atoms. The van der Waals surface area contributed by atoms with E-state index in [1.54, 1.807) is 13.2 Å². The van der Waals surface area contributed by atoms with Crippen LogP contribution in [0, 0.1) is 0 Å². The highest BCUT2D eigenvalue weighted by Crippen LogP contribution is 2.27. The maximum absolute atomic E-state index is 9.57. The van der Waals surface area contributed by atoms with Gasteiger partial charge >= 0.3 is 8.56 Å². The summed E-state index contributed by atoms with van der Waals surface area (Å²) in [5.41, 5.74) is 1.16. The summed E-state index contributed by atoms with van der Waals surface area (Å²) in [6, 6.07) is 6.46. The molecule has 0 radical (unpaired) electrons. The van der Waals surface area contributed by atoms with Crippen LogP contribution in [0.15, 0.2) is 18.2 Å². The van der Waals surface area contributed by atoms with Crippen LogP contribution in [0.5, 0.6) is 11.5 Å². The van der Waals surface area contributed by atoms with E-state index in [9.17, 15) is 5.11 Å². The highest BCUT2D eigenvalue weighted by molar-refractivity contribution is 6.66. The Labute approximate surface area is 122 Å². The van der Waals surface area contributed by atoms with Crippen molar-refractivity contribution in [2.45, 2.75) is 39.3 Å². The van der Waals surface area contributed by atoms with Crippen molar-refractivity contribution in [3.8, 4) is 11.5 Å². The van der Waals surface area contributed by atoms with Gasteiger partial charge in [-0.2, -0.15) is 0 Å². The van der Waals surface area contributed by atoms with Gasteiger partial charge in [0.25, 0.3) is 0 Å². The Hall–Kier alpha value is -1.04. The van der Waals surface area contributed by atoms with E-state index in [4.69, 9.17) is 13.6 Å². The van der Waals surface area contributed by atoms with Crippen LogP contribution >= 0.6 is 0 Å². The molecule has 0 fully saturated rings. The van der Waals surface area contributed by atoms with Crippen molar-refractivity contribution in [2.75, 3.05) is 20.3 Å².